The molecular formula is C9H9F2NO2. The number of carbonyl (C=O) groups excluding carboxylic acids is 1. The molecule has 0 aromatic heterocycles. The number of quaternary nitrogens is 1. The first kappa shape index (κ1) is 10.6. The summed E-state index contributed by atoms with van der Waals surface area (Å²) in [5.41, 5.74) is 1.17. The minimum atomic E-state index is -1.79. The van der Waals surface area contributed by atoms with E-state index in [0.717, 1.165) is 25.1 Å². The SMILES string of the molecule is C[C@@]([NH3+])(C(=O)[O-])c1cc(F)ccc1F. The van der Waals surface area contributed by atoms with E-state index in [2.05, 4.69) is 5.73 Å². The van der Waals surface area contributed by atoms with Gasteiger partial charge in [-0.1, -0.05) is 0 Å². The van der Waals surface area contributed by atoms with Gasteiger partial charge in [0.2, 0.25) is 0 Å². The summed E-state index contributed by atoms with van der Waals surface area (Å²) >= 11 is 0. The van der Waals surface area contributed by atoms with Gasteiger partial charge in [-0.3, -0.25) is 0 Å². The Hall–Kier alpha value is -1.49. The van der Waals surface area contributed by atoms with Crippen molar-refractivity contribution in [2.24, 2.45) is 0 Å². The second-order valence-corrected chi connectivity index (χ2v) is 3.24. The number of carbonyl (C=O) groups is 1. The largest absolute Gasteiger partial charge is 0.543 e. The van der Waals surface area contributed by atoms with Crippen molar-refractivity contribution in [3.05, 3.63) is 35.4 Å². The number of aliphatic carboxylic acids is 1. The molecule has 0 aliphatic rings. The van der Waals surface area contributed by atoms with E-state index in [1.807, 2.05) is 0 Å². The van der Waals surface area contributed by atoms with Gasteiger partial charge in [-0.25, -0.2) is 8.78 Å². The van der Waals surface area contributed by atoms with Crippen LogP contribution in [0.15, 0.2) is 18.2 Å². The lowest BCUT2D eigenvalue weighted by atomic mass is 9.93. The number of benzene rings is 1. The first-order valence-corrected chi connectivity index (χ1v) is 3.88. The molecule has 1 rings (SSSR count). The van der Waals surface area contributed by atoms with Crippen molar-refractivity contribution in [2.75, 3.05) is 0 Å². The van der Waals surface area contributed by atoms with E-state index >= 15 is 0 Å². The maximum Gasteiger partial charge on any atom is 0.160 e. The van der Waals surface area contributed by atoms with E-state index in [-0.39, 0.29) is 5.56 Å². The highest BCUT2D eigenvalue weighted by Gasteiger charge is 2.30. The zero-order valence-corrected chi connectivity index (χ0v) is 7.51. The molecule has 0 saturated carbocycles. The Morgan fingerprint density at radius 1 is 1.50 bits per heavy atom. The Kier molecular flexibility index (Phi) is 2.53. The molecule has 3 nitrogen and oxygen atoms in total. The van der Waals surface area contributed by atoms with E-state index in [9.17, 15) is 18.7 Å². The number of rotatable bonds is 2. The van der Waals surface area contributed by atoms with Crippen molar-refractivity contribution in [1.29, 1.82) is 0 Å². The van der Waals surface area contributed by atoms with E-state index < -0.39 is 23.1 Å². The molecule has 5 heteroatoms. The van der Waals surface area contributed by atoms with Crippen LogP contribution in [0.25, 0.3) is 0 Å². The van der Waals surface area contributed by atoms with E-state index in [1.165, 1.54) is 0 Å². The fourth-order valence-corrected chi connectivity index (χ4v) is 1.03. The Bertz CT molecular complexity index is 377. The quantitative estimate of drug-likeness (QED) is 0.678. The lowest BCUT2D eigenvalue weighted by Crippen LogP contribution is -2.75. The van der Waals surface area contributed by atoms with Gasteiger partial charge in [-0.05, 0) is 18.2 Å². The first-order valence-electron chi connectivity index (χ1n) is 3.88. The molecule has 1 atom stereocenters. The van der Waals surface area contributed by atoms with Gasteiger partial charge < -0.3 is 15.6 Å². The van der Waals surface area contributed by atoms with Crippen LogP contribution in [-0.4, -0.2) is 5.97 Å². The van der Waals surface area contributed by atoms with Crippen molar-refractivity contribution < 1.29 is 24.4 Å². The zero-order chi connectivity index (χ0) is 10.9. The second kappa shape index (κ2) is 3.34. The molecule has 0 amide bonds. The lowest BCUT2D eigenvalue weighted by Gasteiger charge is -2.22. The van der Waals surface area contributed by atoms with Crippen LogP contribution in [0.4, 0.5) is 8.78 Å². The second-order valence-electron chi connectivity index (χ2n) is 3.24. The fraction of sp³-hybridized carbons (Fsp3) is 0.222. The molecule has 0 spiro atoms. The number of hydrogen-bond donors (Lipinski definition) is 1. The van der Waals surface area contributed by atoms with Gasteiger partial charge in [0.05, 0.1) is 5.56 Å². The third-order valence-corrected chi connectivity index (χ3v) is 1.97. The summed E-state index contributed by atoms with van der Waals surface area (Å²) in [4.78, 5) is 10.6. The maximum atomic E-state index is 13.1. The topological polar surface area (TPSA) is 67.8 Å². The minimum absolute atomic E-state index is 0.322. The van der Waals surface area contributed by atoms with Crippen LogP contribution in [0.1, 0.15) is 12.5 Å². The molecule has 1 aromatic rings. The molecule has 0 heterocycles. The van der Waals surface area contributed by atoms with Crippen LogP contribution < -0.4 is 10.8 Å². The van der Waals surface area contributed by atoms with Crippen molar-refractivity contribution >= 4 is 5.97 Å². The van der Waals surface area contributed by atoms with Crippen LogP contribution in [0.5, 0.6) is 0 Å². The van der Waals surface area contributed by atoms with Crippen LogP contribution in [-0.2, 0) is 10.3 Å². The molecule has 0 saturated heterocycles. The first-order chi connectivity index (χ1) is 6.35. The summed E-state index contributed by atoms with van der Waals surface area (Å²) in [5, 5.41) is 10.6. The smallest absolute Gasteiger partial charge is 0.160 e. The van der Waals surface area contributed by atoms with Gasteiger partial charge in [0.15, 0.2) is 5.54 Å². The molecule has 0 unspecified atom stereocenters. The number of carboxylic acid groups (broad SMARTS) is 1. The number of carboxylic acids is 1. The highest BCUT2D eigenvalue weighted by Crippen LogP contribution is 2.19. The van der Waals surface area contributed by atoms with E-state index in [4.69, 9.17) is 0 Å². The highest BCUT2D eigenvalue weighted by atomic mass is 19.1. The Balaban J connectivity index is 3.31. The average molecular weight is 201 g/mol. The summed E-state index contributed by atoms with van der Waals surface area (Å²) in [6.45, 7) is 1.15. The lowest BCUT2D eigenvalue weighted by molar-refractivity contribution is -0.490. The third kappa shape index (κ3) is 1.72. The molecule has 0 aliphatic heterocycles. The van der Waals surface area contributed by atoms with Crippen LogP contribution in [0.3, 0.4) is 0 Å². The molecule has 0 radical (unpaired) electrons. The van der Waals surface area contributed by atoms with Gasteiger partial charge in [-0.15, -0.1) is 0 Å². The number of halogens is 2. The standard InChI is InChI=1S/C9H9F2NO2/c1-9(12,8(13)14)6-4-5(10)2-3-7(6)11/h2-4H,12H2,1H3,(H,13,14)/t9-/m0/s1. The van der Waals surface area contributed by atoms with Crippen LogP contribution in [0.2, 0.25) is 0 Å². The molecule has 0 fully saturated rings. The summed E-state index contributed by atoms with van der Waals surface area (Å²) in [5.74, 6) is -3.08. The zero-order valence-electron chi connectivity index (χ0n) is 7.51. The Morgan fingerprint density at radius 2 is 2.07 bits per heavy atom. The Morgan fingerprint density at radius 3 is 2.57 bits per heavy atom. The summed E-state index contributed by atoms with van der Waals surface area (Å²) in [6, 6.07) is 2.57. The van der Waals surface area contributed by atoms with Gasteiger partial charge in [0.1, 0.15) is 17.6 Å². The van der Waals surface area contributed by atoms with Gasteiger partial charge >= 0.3 is 0 Å². The van der Waals surface area contributed by atoms with Crippen LogP contribution >= 0.6 is 0 Å². The normalized spacial score (nSPS) is 14.9. The van der Waals surface area contributed by atoms with Crippen molar-refractivity contribution in [2.45, 2.75) is 12.5 Å². The Labute approximate surface area is 79.2 Å². The predicted octanol–water partition coefficient (Wildman–Crippen LogP) is -0.828. The van der Waals surface area contributed by atoms with Crippen molar-refractivity contribution in [3.63, 3.8) is 0 Å². The number of hydrogen-bond acceptors (Lipinski definition) is 2. The molecular weight excluding hydrogens is 192 g/mol. The van der Waals surface area contributed by atoms with Gasteiger partial charge in [0.25, 0.3) is 0 Å². The van der Waals surface area contributed by atoms with Crippen LogP contribution in [0, 0.1) is 11.6 Å². The monoisotopic (exact) mass is 201 g/mol. The minimum Gasteiger partial charge on any atom is -0.543 e. The molecule has 3 N–H and O–H groups in total. The van der Waals surface area contributed by atoms with Gasteiger partial charge in [0, 0.05) is 6.92 Å². The highest BCUT2D eigenvalue weighted by molar-refractivity contribution is 5.76. The molecule has 14 heavy (non-hydrogen) atoms. The average Bonchev–Trinajstić information content (AvgIpc) is 2.08. The molecule has 76 valence electrons. The van der Waals surface area contributed by atoms with Gasteiger partial charge in [-0.2, -0.15) is 0 Å². The summed E-state index contributed by atoms with van der Waals surface area (Å²) in [7, 11) is 0. The molecule has 1 aromatic carbocycles. The van der Waals surface area contributed by atoms with E-state index in [1.54, 1.807) is 0 Å². The van der Waals surface area contributed by atoms with E-state index in [0.29, 0.717) is 0 Å². The third-order valence-electron chi connectivity index (χ3n) is 1.97. The predicted molar refractivity (Wildman–Crippen MR) is 41.6 cm³/mol. The molecule has 0 aliphatic carbocycles. The molecule has 0 bridgehead atoms. The van der Waals surface area contributed by atoms with Crippen molar-refractivity contribution in [1.82, 2.24) is 0 Å². The van der Waals surface area contributed by atoms with Crippen molar-refractivity contribution in [3.8, 4) is 0 Å². The maximum absolute atomic E-state index is 13.1. The summed E-state index contributed by atoms with van der Waals surface area (Å²) in [6.07, 6.45) is 0. The summed E-state index contributed by atoms with van der Waals surface area (Å²) < 4.78 is 25.9. The fourth-order valence-electron chi connectivity index (χ4n) is 1.03.